The molecule has 1 aliphatic carbocycles. The third kappa shape index (κ3) is 2.38. The largest absolute Gasteiger partial charge is 0.358 e. The van der Waals surface area contributed by atoms with Gasteiger partial charge in [0.05, 0.1) is 7.05 Å². The van der Waals surface area contributed by atoms with Crippen LogP contribution in [-0.2, 0) is 16.1 Å². The molecule has 3 aliphatic rings. The lowest BCUT2D eigenvalue weighted by atomic mass is 10.2. The number of aromatic nitrogens is 2. The summed E-state index contributed by atoms with van der Waals surface area (Å²) >= 11 is 0. The summed E-state index contributed by atoms with van der Waals surface area (Å²) in [6.45, 7) is 3.13. The van der Waals surface area contributed by atoms with E-state index in [1.165, 1.54) is 10.8 Å². The summed E-state index contributed by atoms with van der Waals surface area (Å²) in [5.41, 5.74) is 0. The van der Waals surface area contributed by atoms with E-state index < -0.39 is 18.7 Å². The van der Waals surface area contributed by atoms with Gasteiger partial charge in [0.2, 0.25) is 5.82 Å². The lowest BCUT2D eigenvalue weighted by Crippen LogP contribution is -2.17. The molecule has 0 aromatic carbocycles. The predicted molar refractivity (Wildman–Crippen MR) is 77.2 cm³/mol. The molecule has 1 atom stereocenters. The molecule has 120 valence electrons. The minimum Gasteiger partial charge on any atom is -0.358 e. The summed E-state index contributed by atoms with van der Waals surface area (Å²) in [4.78, 5) is 14.7. The van der Waals surface area contributed by atoms with E-state index in [-0.39, 0.29) is 11.7 Å². The molecule has 1 aromatic rings. The van der Waals surface area contributed by atoms with Crippen molar-refractivity contribution in [1.82, 2.24) is 18.9 Å². The molecule has 10 heteroatoms. The van der Waals surface area contributed by atoms with E-state index in [2.05, 4.69) is 4.98 Å². The molecule has 0 N–H and O–H groups in total. The Morgan fingerprint density at radius 3 is 2.36 bits per heavy atom. The number of rotatable bonds is 7. The van der Waals surface area contributed by atoms with Crippen LogP contribution in [0.2, 0.25) is 0 Å². The summed E-state index contributed by atoms with van der Waals surface area (Å²) in [6.07, 6.45) is 2.76. The van der Waals surface area contributed by atoms with Crippen molar-refractivity contribution < 1.29 is 14.0 Å². The maximum absolute atomic E-state index is 13.2. The van der Waals surface area contributed by atoms with E-state index in [0.717, 1.165) is 39.0 Å². The Kier molecular flexibility index (Phi) is 3.16. The lowest BCUT2D eigenvalue weighted by Gasteiger charge is -2.24. The zero-order valence-electron chi connectivity index (χ0n) is 12.3. The van der Waals surface area contributed by atoms with Gasteiger partial charge in [0, 0.05) is 26.2 Å². The van der Waals surface area contributed by atoms with E-state index in [4.69, 9.17) is 4.52 Å². The van der Waals surface area contributed by atoms with Crippen molar-refractivity contribution in [3.63, 3.8) is 0 Å². The van der Waals surface area contributed by atoms with Crippen molar-refractivity contribution in [2.75, 3.05) is 26.2 Å². The summed E-state index contributed by atoms with van der Waals surface area (Å²) in [7, 11) is -1.36. The Labute approximate surface area is 127 Å². The molecule has 22 heavy (non-hydrogen) atoms. The first-order chi connectivity index (χ1) is 10.5. The number of imidazole rings is 1. The maximum atomic E-state index is 13.2. The molecule has 9 nitrogen and oxygen atoms in total. The van der Waals surface area contributed by atoms with Crippen LogP contribution in [0.4, 0.5) is 5.82 Å². The summed E-state index contributed by atoms with van der Waals surface area (Å²) in [6, 6.07) is 0. The minimum atomic E-state index is -2.97. The van der Waals surface area contributed by atoms with Crippen LogP contribution in [0.3, 0.4) is 0 Å². The van der Waals surface area contributed by atoms with E-state index in [1.54, 1.807) is 7.05 Å². The van der Waals surface area contributed by atoms with Crippen LogP contribution >= 0.6 is 7.67 Å². The third-order valence-corrected chi connectivity index (χ3v) is 7.04. The quantitative estimate of drug-likeness (QED) is 0.324. The molecule has 0 radical (unpaired) electrons. The molecule has 1 unspecified atom stereocenters. The Morgan fingerprint density at radius 1 is 1.36 bits per heavy atom. The fourth-order valence-corrected chi connectivity index (χ4v) is 5.02. The van der Waals surface area contributed by atoms with E-state index in [9.17, 15) is 14.7 Å². The second-order valence-corrected chi connectivity index (χ2v) is 8.38. The first-order valence-electron chi connectivity index (χ1n) is 7.46. The number of hydrogen-bond donors (Lipinski definition) is 0. The zero-order valence-corrected chi connectivity index (χ0v) is 13.2. The van der Waals surface area contributed by atoms with Crippen LogP contribution in [0.5, 0.6) is 0 Å². The van der Waals surface area contributed by atoms with E-state index >= 15 is 0 Å². The highest BCUT2D eigenvalue weighted by molar-refractivity contribution is 7.54. The second kappa shape index (κ2) is 4.86. The van der Waals surface area contributed by atoms with Gasteiger partial charge in [0.25, 0.3) is 0 Å². The number of nitro groups is 1. The number of hydrogen-bond acceptors (Lipinski definition) is 5. The number of nitrogens with zero attached hydrogens (tertiary/aromatic N) is 5. The summed E-state index contributed by atoms with van der Waals surface area (Å²) in [5.74, 6) is 0.671. The van der Waals surface area contributed by atoms with Gasteiger partial charge in [-0.25, -0.2) is 18.9 Å². The van der Waals surface area contributed by atoms with Gasteiger partial charge in [-0.05, 0) is 23.7 Å². The second-order valence-electron chi connectivity index (χ2n) is 6.05. The first kappa shape index (κ1) is 14.3. The zero-order chi connectivity index (χ0) is 15.5. The average molecular weight is 327 g/mol. The average Bonchev–Trinajstić information content (AvgIpc) is 3.35. The molecule has 4 rings (SSSR count). The fraction of sp³-hybridized carbons (Fsp3) is 0.750. The molecular weight excluding hydrogens is 309 g/mol. The lowest BCUT2D eigenvalue weighted by molar-refractivity contribution is -0.391. The van der Waals surface area contributed by atoms with Gasteiger partial charge in [-0.3, -0.25) is 9.09 Å². The Balaban J connectivity index is 1.64. The van der Waals surface area contributed by atoms with Crippen molar-refractivity contribution in [1.29, 1.82) is 0 Å². The SMILES string of the molecule is Cn1c([N+](=O)[O-])cnc1C(OP(=O)(N1CC1)N1CC1)C1CC1. The molecule has 3 fully saturated rings. The monoisotopic (exact) mass is 327 g/mol. The smallest absolute Gasteiger partial charge is 0.347 e. The highest BCUT2D eigenvalue weighted by Gasteiger charge is 2.53. The van der Waals surface area contributed by atoms with Crippen molar-refractivity contribution in [3.8, 4) is 0 Å². The van der Waals surface area contributed by atoms with Crippen molar-refractivity contribution >= 4 is 13.5 Å². The van der Waals surface area contributed by atoms with Crippen LogP contribution in [0.15, 0.2) is 6.20 Å². The topological polar surface area (TPSA) is 93.3 Å². The van der Waals surface area contributed by atoms with Gasteiger partial charge in [-0.1, -0.05) is 0 Å². The minimum absolute atomic E-state index is 0.0717. The summed E-state index contributed by atoms with van der Waals surface area (Å²) in [5, 5.41) is 11.0. The van der Waals surface area contributed by atoms with Crippen LogP contribution in [0.25, 0.3) is 0 Å². The Hall–Kier alpha value is -1.28. The first-order valence-corrected chi connectivity index (χ1v) is 8.99. The van der Waals surface area contributed by atoms with Crippen LogP contribution < -0.4 is 0 Å². The molecule has 1 saturated carbocycles. The molecule has 2 saturated heterocycles. The molecule has 1 aromatic heterocycles. The van der Waals surface area contributed by atoms with Crippen molar-refractivity contribution in [2.24, 2.45) is 13.0 Å². The van der Waals surface area contributed by atoms with Crippen molar-refractivity contribution in [3.05, 3.63) is 22.1 Å². The van der Waals surface area contributed by atoms with E-state index in [0.29, 0.717) is 5.82 Å². The fourth-order valence-electron chi connectivity index (χ4n) is 2.65. The maximum Gasteiger partial charge on any atom is 0.347 e. The van der Waals surface area contributed by atoms with Gasteiger partial charge in [-0.2, -0.15) is 0 Å². The molecule has 2 aliphatic heterocycles. The molecule has 0 spiro atoms. The van der Waals surface area contributed by atoms with Gasteiger partial charge in [0.15, 0.2) is 6.10 Å². The Bertz CT molecular complexity index is 648. The van der Waals surface area contributed by atoms with Crippen LogP contribution in [-0.4, -0.2) is 50.0 Å². The Morgan fingerprint density at radius 2 is 1.95 bits per heavy atom. The van der Waals surface area contributed by atoms with Gasteiger partial charge in [-0.15, -0.1) is 0 Å². The summed E-state index contributed by atoms with van der Waals surface area (Å²) < 4.78 is 24.4. The highest BCUT2D eigenvalue weighted by Crippen LogP contribution is 2.65. The van der Waals surface area contributed by atoms with Gasteiger partial charge >= 0.3 is 13.5 Å². The predicted octanol–water partition coefficient (Wildman–Crippen LogP) is 1.54. The van der Waals surface area contributed by atoms with Crippen LogP contribution in [0, 0.1) is 16.0 Å². The van der Waals surface area contributed by atoms with E-state index in [1.807, 2.05) is 9.34 Å². The molecule has 0 bridgehead atoms. The molecular formula is C12H18N5O4P. The van der Waals surface area contributed by atoms with Gasteiger partial charge in [0.1, 0.15) is 6.20 Å². The van der Waals surface area contributed by atoms with Crippen LogP contribution in [0.1, 0.15) is 24.8 Å². The highest BCUT2D eigenvalue weighted by atomic mass is 31.2. The standard InChI is InChI=1S/C12H18N5O4P/c1-14-10(17(18)19)8-13-12(14)11(9-2-3-9)21-22(20,15-4-5-15)16-6-7-16/h8-9,11H,2-7H2,1H3. The normalized spacial score (nSPS) is 23.5. The molecule has 0 amide bonds. The molecule has 3 heterocycles. The third-order valence-electron chi connectivity index (χ3n) is 4.30. The van der Waals surface area contributed by atoms with Gasteiger partial charge < -0.3 is 10.1 Å². The van der Waals surface area contributed by atoms with Crippen molar-refractivity contribution in [2.45, 2.75) is 18.9 Å².